The molecule has 0 atom stereocenters. The number of nitrogens with zero attached hydrogens (tertiary/aromatic N) is 1. The Morgan fingerprint density at radius 1 is 0.688 bits per heavy atom. The average molecular weight is 463 g/mol. The van der Waals surface area contributed by atoms with Crippen molar-refractivity contribution in [1.82, 2.24) is 0 Å². The van der Waals surface area contributed by atoms with Crippen molar-refractivity contribution in [2.24, 2.45) is 4.74 Å². The molecule has 7 heteroatoms. The maximum atomic E-state index is 6.75. The third-order valence-electron chi connectivity index (χ3n) is 5.39. The lowest BCUT2D eigenvalue weighted by Crippen LogP contribution is -2.20. The van der Waals surface area contributed by atoms with Crippen molar-refractivity contribution in [3.63, 3.8) is 0 Å². The molecule has 0 N–H and O–H groups in total. The van der Waals surface area contributed by atoms with Gasteiger partial charge in [0, 0.05) is 17.7 Å². The summed E-state index contributed by atoms with van der Waals surface area (Å²) in [5, 5.41) is 4.05. The molecule has 0 amide bonds. The third-order valence-corrected chi connectivity index (χ3v) is 12.8. The number of benzene rings is 4. The van der Waals surface area contributed by atoms with Gasteiger partial charge < -0.3 is 18.5 Å². The minimum Gasteiger partial charge on any atom is -0.496 e. The highest BCUT2D eigenvalue weighted by atomic mass is 32.1. The SMILES string of the molecule is CN=P1(P(c2ccccc2OC)c2ccccc2OC)Oc2cccc3cccc(c23)O1. The van der Waals surface area contributed by atoms with Crippen molar-refractivity contribution in [2.75, 3.05) is 21.3 Å². The number of hydrogen-bond acceptors (Lipinski definition) is 5. The number of hydrogen-bond donors (Lipinski definition) is 0. The van der Waals surface area contributed by atoms with Gasteiger partial charge in [-0.2, -0.15) is 0 Å². The van der Waals surface area contributed by atoms with Gasteiger partial charge >= 0.3 is 7.20 Å². The van der Waals surface area contributed by atoms with Gasteiger partial charge in [-0.15, -0.1) is 0 Å². The summed E-state index contributed by atoms with van der Waals surface area (Å²) < 4.78 is 29.9. The molecule has 4 aromatic rings. The van der Waals surface area contributed by atoms with Crippen LogP contribution in [-0.4, -0.2) is 21.3 Å². The van der Waals surface area contributed by atoms with E-state index in [1.807, 2.05) is 60.7 Å². The second kappa shape index (κ2) is 8.50. The van der Waals surface area contributed by atoms with Gasteiger partial charge in [-0.3, -0.25) is 0 Å². The van der Waals surface area contributed by atoms with Gasteiger partial charge in [0.1, 0.15) is 23.0 Å². The molecule has 1 heterocycles. The van der Waals surface area contributed by atoms with E-state index in [2.05, 4.69) is 24.3 Å². The highest BCUT2D eigenvalue weighted by Gasteiger charge is 2.44. The molecule has 4 aromatic carbocycles. The molecule has 0 spiro atoms. The van der Waals surface area contributed by atoms with Crippen LogP contribution in [0.2, 0.25) is 0 Å². The number of ether oxygens (including phenoxy) is 2. The molecule has 0 radical (unpaired) electrons. The summed E-state index contributed by atoms with van der Waals surface area (Å²) in [6.07, 6.45) is 0. The highest BCUT2D eigenvalue weighted by Crippen LogP contribution is 2.79. The van der Waals surface area contributed by atoms with Crippen molar-refractivity contribution in [1.29, 1.82) is 0 Å². The summed E-state index contributed by atoms with van der Waals surface area (Å²) in [4.78, 5) is 0. The van der Waals surface area contributed by atoms with Crippen LogP contribution in [0.3, 0.4) is 0 Å². The first-order valence-electron chi connectivity index (χ1n) is 10.2. The lowest BCUT2D eigenvalue weighted by Gasteiger charge is -2.36. The van der Waals surface area contributed by atoms with Crippen LogP contribution >= 0.6 is 14.8 Å². The minimum atomic E-state index is -2.87. The van der Waals surface area contributed by atoms with Crippen LogP contribution in [0.4, 0.5) is 0 Å². The molecule has 32 heavy (non-hydrogen) atoms. The van der Waals surface area contributed by atoms with E-state index in [0.29, 0.717) is 0 Å². The van der Waals surface area contributed by atoms with Crippen LogP contribution in [0.5, 0.6) is 23.0 Å². The maximum absolute atomic E-state index is 6.75. The van der Waals surface area contributed by atoms with E-state index in [-0.39, 0.29) is 0 Å². The van der Waals surface area contributed by atoms with Crippen molar-refractivity contribution < 1.29 is 18.5 Å². The van der Waals surface area contributed by atoms with Gasteiger partial charge in [0.15, 0.2) is 0 Å². The smallest absolute Gasteiger partial charge is 0.343 e. The van der Waals surface area contributed by atoms with Crippen LogP contribution in [0.15, 0.2) is 89.7 Å². The zero-order chi connectivity index (χ0) is 22.1. The molecule has 0 fully saturated rings. The quantitative estimate of drug-likeness (QED) is 0.324. The second-order valence-electron chi connectivity index (χ2n) is 7.14. The fourth-order valence-corrected chi connectivity index (χ4v) is 11.5. The zero-order valence-electron chi connectivity index (χ0n) is 18.1. The highest BCUT2D eigenvalue weighted by molar-refractivity contribution is 8.36. The Kier molecular flexibility index (Phi) is 5.55. The fourth-order valence-electron chi connectivity index (χ4n) is 3.96. The van der Waals surface area contributed by atoms with Crippen LogP contribution in [0.25, 0.3) is 10.8 Å². The minimum absolute atomic E-state index is 0.775. The molecular weight excluding hydrogens is 440 g/mol. The van der Waals surface area contributed by atoms with Gasteiger partial charge in [-0.1, -0.05) is 48.5 Å². The standard InChI is InChI=1S/C25H23NO4P2/c1-26-32(29-21-14-8-10-18-11-9-15-22(30-32)25(18)21)31(23-16-6-4-12-19(23)27-2)24-17-7-5-13-20(24)28-3/h4-17H,1-3H3. The molecule has 1 aliphatic heterocycles. The molecule has 0 aliphatic carbocycles. The Balaban J connectivity index is 1.79. The lowest BCUT2D eigenvalue weighted by molar-refractivity contribution is 0.417. The van der Waals surface area contributed by atoms with E-state index in [1.165, 1.54) is 0 Å². The number of para-hydroxylation sites is 2. The zero-order valence-corrected chi connectivity index (χ0v) is 19.8. The van der Waals surface area contributed by atoms with E-state index in [0.717, 1.165) is 44.4 Å². The predicted molar refractivity (Wildman–Crippen MR) is 133 cm³/mol. The van der Waals surface area contributed by atoms with Crippen LogP contribution in [0.1, 0.15) is 0 Å². The van der Waals surface area contributed by atoms with Crippen LogP contribution < -0.4 is 29.1 Å². The molecule has 0 saturated carbocycles. The Bertz CT molecular complexity index is 1260. The Hall–Kier alpha value is -3.00. The number of methoxy groups -OCH3 is 2. The summed E-state index contributed by atoms with van der Waals surface area (Å²) in [5.74, 6) is 3.13. The van der Waals surface area contributed by atoms with E-state index >= 15 is 0 Å². The van der Waals surface area contributed by atoms with E-state index in [4.69, 9.17) is 23.3 Å². The maximum Gasteiger partial charge on any atom is 0.343 e. The molecular formula is C25H23NO4P2. The molecule has 0 bridgehead atoms. The van der Waals surface area contributed by atoms with E-state index in [9.17, 15) is 0 Å². The van der Waals surface area contributed by atoms with E-state index in [1.54, 1.807) is 21.3 Å². The van der Waals surface area contributed by atoms with Gasteiger partial charge in [0.25, 0.3) is 0 Å². The van der Waals surface area contributed by atoms with E-state index < -0.39 is 14.8 Å². The fraction of sp³-hybridized carbons (Fsp3) is 0.120. The first kappa shape index (κ1) is 20.9. The normalized spacial score (nSPS) is 13.9. The number of rotatable bonds is 5. The van der Waals surface area contributed by atoms with Crippen molar-refractivity contribution in [3.05, 3.63) is 84.9 Å². The van der Waals surface area contributed by atoms with Gasteiger partial charge in [-0.25, -0.2) is 4.74 Å². The Morgan fingerprint density at radius 3 is 1.66 bits per heavy atom. The second-order valence-corrected chi connectivity index (χ2v) is 13.2. The topological polar surface area (TPSA) is 49.3 Å². The Morgan fingerprint density at radius 2 is 1.19 bits per heavy atom. The average Bonchev–Trinajstić information content (AvgIpc) is 2.85. The Labute approximate surface area is 188 Å². The summed E-state index contributed by atoms with van der Waals surface area (Å²) >= 11 is 0. The molecule has 5 rings (SSSR count). The van der Waals surface area contributed by atoms with Crippen LogP contribution in [0, 0.1) is 0 Å². The van der Waals surface area contributed by atoms with Crippen LogP contribution in [-0.2, 0) is 0 Å². The third kappa shape index (κ3) is 3.33. The summed E-state index contributed by atoms with van der Waals surface area (Å²) in [7, 11) is 1.01. The summed E-state index contributed by atoms with van der Waals surface area (Å²) in [6, 6.07) is 28.1. The van der Waals surface area contributed by atoms with Crippen molar-refractivity contribution in [3.8, 4) is 23.0 Å². The van der Waals surface area contributed by atoms with Gasteiger partial charge in [0.2, 0.25) is 0 Å². The molecule has 0 aromatic heterocycles. The monoisotopic (exact) mass is 463 g/mol. The molecule has 0 unspecified atom stereocenters. The summed E-state index contributed by atoms with van der Waals surface area (Å²) in [5.41, 5.74) is 0. The molecule has 1 aliphatic rings. The first-order chi connectivity index (χ1) is 15.7. The van der Waals surface area contributed by atoms with Crippen molar-refractivity contribution in [2.45, 2.75) is 0 Å². The summed E-state index contributed by atoms with van der Waals surface area (Å²) in [6.45, 7) is 0. The van der Waals surface area contributed by atoms with Gasteiger partial charge in [0.05, 0.1) is 27.2 Å². The first-order valence-corrected chi connectivity index (χ1v) is 13.8. The molecule has 162 valence electrons. The molecule has 5 nitrogen and oxygen atoms in total. The van der Waals surface area contributed by atoms with Gasteiger partial charge in [-0.05, 0) is 41.8 Å². The van der Waals surface area contributed by atoms with Crippen molar-refractivity contribution >= 4 is 36.2 Å². The molecule has 0 saturated heterocycles. The predicted octanol–water partition coefficient (Wildman–Crippen LogP) is 6.34. The largest absolute Gasteiger partial charge is 0.496 e. The lowest BCUT2D eigenvalue weighted by atomic mass is 10.1.